The lowest BCUT2D eigenvalue weighted by atomic mass is 10.0. The summed E-state index contributed by atoms with van der Waals surface area (Å²) < 4.78 is 5.00. The van der Waals surface area contributed by atoms with Gasteiger partial charge in [-0.2, -0.15) is 0 Å². The van der Waals surface area contributed by atoms with Crippen LogP contribution in [0.5, 0.6) is 0 Å². The van der Waals surface area contributed by atoms with Gasteiger partial charge in [-0.25, -0.2) is 0 Å². The third kappa shape index (κ3) is 5.70. The van der Waals surface area contributed by atoms with Crippen molar-refractivity contribution >= 4 is 11.8 Å². The van der Waals surface area contributed by atoms with Gasteiger partial charge in [0, 0.05) is 12.5 Å². The van der Waals surface area contributed by atoms with Crippen molar-refractivity contribution < 1.29 is 14.3 Å². The molecule has 0 saturated carbocycles. The Labute approximate surface area is 84.8 Å². The third-order valence-corrected chi connectivity index (χ3v) is 1.64. The van der Waals surface area contributed by atoms with Crippen LogP contribution < -0.4 is 5.73 Å². The van der Waals surface area contributed by atoms with Crippen molar-refractivity contribution in [3.63, 3.8) is 0 Å². The number of nitrogens with two attached hydrogens (primary N) is 1. The van der Waals surface area contributed by atoms with Crippen molar-refractivity contribution in [2.45, 2.75) is 39.7 Å². The highest BCUT2D eigenvalue weighted by atomic mass is 16.6. The van der Waals surface area contributed by atoms with Crippen LogP contribution in [0.1, 0.15) is 34.1 Å². The van der Waals surface area contributed by atoms with E-state index in [-0.39, 0.29) is 24.7 Å². The van der Waals surface area contributed by atoms with Crippen molar-refractivity contribution in [3.05, 3.63) is 0 Å². The maximum atomic E-state index is 11.3. The van der Waals surface area contributed by atoms with Gasteiger partial charge < -0.3 is 10.5 Å². The minimum atomic E-state index is -0.538. The molecule has 0 aliphatic carbocycles. The predicted octanol–water partition coefficient (Wildman–Crippen LogP) is 0.882. The zero-order valence-electron chi connectivity index (χ0n) is 9.29. The van der Waals surface area contributed by atoms with E-state index in [1.165, 1.54) is 0 Å². The molecule has 0 amide bonds. The molecule has 0 radical (unpaired) electrons. The highest BCUT2D eigenvalue weighted by molar-refractivity contribution is 5.96. The molecular weight excluding hydrogens is 182 g/mol. The molecule has 1 atom stereocenters. The molecule has 1 unspecified atom stereocenters. The van der Waals surface area contributed by atoms with E-state index in [1.54, 1.807) is 27.7 Å². The lowest BCUT2D eigenvalue weighted by Crippen LogP contribution is -2.28. The lowest BCUT2D eigenvalue weighted by molar-refractivity contribution is -0.156. The Kier molecular flexibility index (Phi) is 4.77. The Morgan fingerprint density at radius 3 is 2.21 bits per heavy atom. The van der Waals surface area contributed by atoms with Gasteiger partial charge in [0.05, 0.1) is 0 Å². The molecule has 0 saturated heterocycles. The molecule has 0 aromatic rings. The third-order valence-electron chi connectivity index (χ3n) is 1.64. The zero-order chi connectivity index (χ0) is 11.4. The number of carbonyl (C=O) groups is 2. The lowest BCUT2D eigenvalue weighted by Gasteiger charge is -2.19. The van der Waals surface area contributed by atoms with Crippen LogP contribution in [0.4, 0.5) is 0 Å². The molecule has 82 valence electrons. The van der Waals surface area contributed by atoms with Gasteiger partial charge in [0.25, 0.3) is 0 Å². The van der Waals surface area contributed by atoms with Crippen molar-refractivity contribution in [2.75, 3.05) is 6.54 Å². The predicted molar refractivity (Wildman–Crippen MR) is 53.7 cm³/mol. The first-order valence-corrected chi connectivity index (χ1v) is 4.71. The normalized spacial score (nSPS) is 13.5. The molecule has 0 spiro atoms. The Balaban J connectivity index is 4.02. The molecule has 4 heteroatoms. The van der Waals surface area contributed by atoms with Crippen molar-refractivity contribution in [3.8, 4) is 0 Å². The fraction of sp³-hybridized carbons (Fsp3) is 0.800. The van der Waals surface area contributed by atoms with Gasteiger partial charge in [0.1, 0.15) is 17.8 Å². The van der Waals surface area contributed by atoms with Gasteiger partial charge >= 0.3 is 5.97 Å². The van der Waals surface area contributed by atoms with Crippen molar-refractivity contribution in [2.24, 2.45) is 11.7 Å². The molecule has 0 rings (SSSR count). The number of esters is 1. The van der Waals surface area contributed by atoms with Gasteiger partial charge in [-0.1, -0.05) is 6.92 Å². The first-order valence-electron chi connectivity index (χ1n) is 4.71. The van der Waals surface area contributed by atoms with E-state index in [1.807, 2.05) is 0 Å². The number of Topliss-reactive ketones (excluding diaryl/α,β-unsaturated/α-hetero) is 1. The summed E-state index contributed by atoms with van der Waals surface area (Å²) in [4.78, 5) is 22.5. The molecule has 0 aliphatic heterocycles. The molecular formula is C10H19NO3. The largest absolute Gasteiger partial charge is 0.460 e. The standard InChI is InChI=1S/C10H19NO3/c1-7(6-11)8(12)5-9(13)14-10(2,3)4/h7H,5-6,11H2,1-4H3. The molecule has 2 N–H and O–H groups in total. The van der Waals surface area contributed by atoms with E-state index in [9.17, 15) is 9.59 Å². The number of carbonyl (C=O) groups excluding carboxylic acids is 2. The minimum absolute atomic E-state index is 0.165. The first-order chi connectivity index (χ1) is 6.26. The maximum Gasteiger partial charge on any atom is 0.313 e. The van der Waals surface area contributed by atoms with Crippen molar-refractivity contribution in [1.29, 1.82) is 0 Å². The van der Waals surface area contributed by atoms with E-state index in [0.29, 0.717) is 0 Å². The van der Waals surface area contributed by atoms with E-state index in [2.05, 4.69) is 0 Å². The average Bonchev–Trinajstić information content (AvgIpc) is 1.99. The number of ether oxygens (including phenoxy) is 1. The topological polar surface area (TPSA) is 69.4 Å². The number of hydrogen-bond acceptors (Lipinski definition) is 4. The van der Waals surface area contributed by atoms with Crippen LogP contribution in [0, 0.1) is 5.92 Å². The Hall–Kier alpha value is -0.900. The van der Waals surface area contributed by atoms with E-state index in [0.717, 1.165) is 0 Å². The van der Waals surface area contributed by atoms with Gasteiger partial charge in [-0.05, 0) is 20.8 Å². The summed E-state index contributed by atoms with van der Waals surface area (Å²) in [5.74, 6) is -0.924. The molecule has 4 nitrogen and oxygen atoms in total. The van der Waals surface area contributed by atoms with E-state index in [4.69, 9.17) is 10.5 Å². The minimum Gasteiger partial charge on any atom is -0.460 e. The number of hydrogen-bond donors (Lipinski definition) is 1. The number of rotatable bonds is 4. The average molecular weight is 201 g/mol. The van der Waals surface area contributed by atoms with Gasteiger partial charge in [-0.15, -0.1) is 0 Å². The van der Waals surface area contributed by atoms with E-state index >= 15 is 0 Å². The second-order valence-electron chi connectivity index (χ2n) is 4.37. The summed E-state index contributed by atoms with van der Waals surface area (Å²) in [6.07, 6.45) is -0.185. The first kappa shape index (κ1) is 13.1. The van der Waals surface area contributed by atoms with Crippen LogP contribution in [0.25, 0.3) is 0 Å². The molecule has 0 aromatic heterocycles. The fourth-order valence-electron chi connectivity index (χ4n) is 0.826. The maximum absolute atomic E-state index is 11.3. The SMILES string of the molecule is CC(CN)C(=O)CC(=O)OC(C)(C)C. The van der Waals surface area contributed by atoms with Gasteiger partial charge in [0.2, 0.25) is 0 Å². The van der Waals surface area contributed by atoms with Crippen LogP contribution in [0.15, 0.2) is 0 Å². The summed E-state index contributed by atoms with van der Waals surface area (Å²) in [7, 11) is 0. The summed E-state index contributed by atoms with van der Waals surface area (Å²) in [5.41, 5.74) is 4.76. The second kappa shape index (κ2) is 5.10. The van der Waals surface area contributed by atoms with Gasteiger partial charge in [0.15, 0.2) is 0 Å². The summed E-state index contributed by atoms with van der Waals surface area (Å²) >= 11 is 0. The summed E-state index contributed by atoms with van der Waals surface area (Å²) in [6.45, 7) is 7.26. The number of ketones is 1. The van der Waals surface area contributed by atoms with Crippen molar-refractivity contribution in [1.82, 2.24) is 0 Å². The summed E-state index contributed by atoms with van der Waals surface area (Å²) in [5, 5.41) is 0. The molecule has 0 aliphatic rings. The second-order valence-corrected chi connectivity index (χ2v) is 4.37. The van der Waals surface area contributed by atoms with Crippen LogP contribution >= 0.6 is 0 Å². The van der Waals surface area contributed by atoms with Gasteiger partial charge in [-0.3, -0.25) is 9.59 Å². The highest BCUT2D eigenvalue weighted by Gasteiger charge is 2.21. The van der Waals surface area contributed by atoms with Crippen LogP contribution in [-0.2, 0) is 14.3 Å². The van der Waals surface area contributed by atoms with Crippen LogP contribution in [0.2, 0.25) is 0 Å². The highest BCUT2D eigenvalue weighted by Crippen LogP contribution is 2.09. The van der Waals surface area contributed by atoms with E-state index < -0.39 is 11.6 Å². The Morgan fingerprint density at radius 2 is 1.86 bits per heavy atom. The summed E-state index contributed by atoms with van der Waals surface area (Å²) in [6, 6.07) is 0. The van der Waals surface area contributed by atoms with Crippen LogP contribution in [-0.4, -0.2) is 23.9 Å². The molecule has 0 heterocycles. The molecule has 0 aromatic carbocycles. The Morgan fingerprint density at radius 1 is 1.36 bits per heavy atom. The smallest absolute Gasteiger partial charge is 0.313 e. The molecule has 0 fully saturated rings. The Bertz CT molecular complexity index is 218. The fourth-order valence-corrected chi connectivity index (χ4v) is 0.826. The monoisotopic (exact) mass is 201 g/mol. The molecule has 14 heavy (non-hydrogen) atoms. The zero-order valence-corrected chi connectivity index (χ0v) is 9.29. The quantitative estimate of drug-likeness (QED) is 0.541. The van der Waals surface area contributed by atoms with Crippen LogP contribution in [0.3, 0.4) is 0 Å². The molecule has 0 bridgehead atoms.